The van der Waals surface area contributed by atoms with Crippen LogP contribution in [0.2, 0.25) is 0 Å². The topological polar surface area (TPSA) is 12.5 Å². The number of allylic oxidation sites excluding steroid dienone is 2. The van der Waals surface area contributed by atoms with E-state index in [0.29, 0.717) is 0 Å². The van der Waals surface area contributed by atoms with E-state index in [4.69, 9.17) is 4.74 Å². The number of hydrogen-bond donors (Lipinski definition) is 0. The summed E-state index contributed by atoms with van der Waals surface area (Å²) in [5, 5.41) is 0. The van der Waals surface area contributed by atoms with E-state index in [0.717, 1.165) is 29.1 Å². The summed E-state index contributed by atoms with van der Waals surface area (Å²) in [7, 11) is 0. The van der Waals surface area contributed by atoms with Crippen LogP contribution in [-0.4, -0.2) is 0 Å². The highest BCUT2D eigenvalue weighted by molar-refractivity contribution is 5.26. The lowest BCUT2D eigenvalue weighted by molar-refractivity contribution is 0.186. The minimum Gasteiger partial charge on any atom is -0.459 e. The zero-order chi connectivity index (χ0) is 9.62. The maximum Gasteiger partial charge on any atom is 0.142 e. The van der Waals surface area contributed by atoms with Crippen LogP contribution in [-0.2, 0) is 4.74 Å². The van der Waals surface area contributed by atoms with E-state index in [1.165, 1.54) is 24.4 Å². The van der Waals surface area contributed by atoms with Crippen LogP contribution in [0.25, 0.3) is 0 Å². The van der Waals surface area contributed by atoms with E-state index < -0.39 is 0 Å². The van der Waals surface area contributed by atoms with Gasteiger partial charge in [-0.1, -0.05) is 0 Å². The highest BCUT2D eigenvalue weighted by Gasteiger charge is 2.62. The largest absolute Gasteiger partial charge is 0.459 e. The molecule has 3 saturated carbocycles. The lowest BCUT2D eigenvalue weighted by Crippen LogP contribution is -2.23. The van der Waals surface area contributed by atoms with E-state index in [2.05, 4.69) is 0 Å². The first-order chi connectivity index (χ1) is 7.34. The molecule has 5 rings (SSSR count). The van der Waals surface area contributed by atoms with E-state index in [-0.39, 0.29) is 0 Å². The number of hydrogen-bond acceptors (Lipinski definition) is 1. The van der Waals surface area contributed by atoms with Crippen LogP contribution in [0.15, 0.2) is 11.5 Å². The van der Waals surface area contributed by atoms with Gasteiger partial charge in [0.05, 0.1) is 0 Å². The number of fused-ring (bicyclic) bond motifs is 3. The molecule has 0 radical (unpaired) electrons. The van der Waals surface area contributed by atoms with E-state index in [9.17, 15) is 0 Å². The van der Waals surface area contributed by atoms with Crippen LogP contribution in [0, 0.1) is 29.1 Å². The van der Waals surface area contributed by atoms with Gasteiger partial charge in [0.1, 0.15) is 11.5 Å². The van der Waals surface area contributed by atoms with Crippen molar-refractivity contribution in [3.63, 3.8) is 0 Å². The van der Waals surface area contributed by atoms with Gasteiger partial charge in [0.15, 0.2) is 0 Å². The van der Waals surface area contributed by atoms with Gasteiger partial charge in [0.25, 0.3) is 0 Å². The molecule has 5 atom stereocenters. The second-order valence-corrected chi connectivity index (χ2v) is 6.80. The molecule has 3 fully saturated rings. The van der Waals surface area contributed by atoms with Gasteiger partial charge in [-0.15, -0.1) is 0 Å². The first-order valence-corrected chi connectivity index (χ1v) is 6.74. The summed E-state index contributed by atoms with van der Waals surface area (Å²) in [5.74, 6) is 7.04. The highest BCUT2D eigenvalue weighted by atomic mass is 16.6. The monoisotopic (exact) mass is 202 g/mol. The molecule has 2 bridgehead atoms. The molecule has 1 heterocycles. The van der Waals surface area contributed by atoms with Crippen LogP contribution in [0.4, 0.5) is 0 Å². The Bertz CT molecular complexity index is 383. The summed E-state index contributed by atoms with van der Waals surface area (Å²) in [6.07, 6.45) is 10.5. The Balaban J connectivity index is 1.55. The summed E-state index contributed by atoms with van der Waals surface area (Å²) < 4.78 is 5.57. The zero-order valence-electron chi connectivity index (χ0n) is 9.17. The molecule has 1 aliphatic heterocycles. The van der Waals surface area contributed by atoms with E-state index >= 15 is 0 Å². The summed E-state index contributed by atoms with van der Waals surface area (Å²) in [6.45, 7) is 0. The van der Waals surface area contributed by atoms with Crippen molar-refractivity contribution >= 4 is 0 Å². The normalized spacial score (nSPS) is 58.7. The van der Waals surface area contributed by atoms with Crippen LogP contribution in [0.5, 0.6) is 0 Å². The summed E-state index contributed by atoms with van der Waals surface area (Å²) in [5.41, 5.74) is 0.831. The van der Waals surface area contributed by atoms with Crippen molar-refractivity contribution in [3.8, 4) is 0 Å². The second-order valence-electron chi connectivity index (χ2n) is 6.80. The van der Waals surface area contributed by atoms with Crippen molar-refractivity contribution in [2.24, 2.45) is 29.1 Å². The molecule has 1 nitrogen and oxygen atoms in total. The predicted molar refractivity (Wildman–Crippen MR) is 56.8 cm³/mol. The molecule has 5 unspecified atom stereocenters. The summed E-state index contributed by atoms with van der Waals surface area (Å²) in [4.78, 5) is 0. The molecule has 0 N–H and O–H groups in total. The molecule has 0 aromatic heterocycles. The zero-order valence-corrected chi connectivity index (χ0v) is 9.17. The minimum atomic E-state index is 0.831. The number of rotatable bonds is 0. The van der Waals surface area contributed by atoms with Crippen molar-refractivity contribution in [2.75, 3.05) is 0 Å². The van der Waals surface area contributed by atoms with E-state index in [1.807, 2.05) is 0 Å². The fourth-order valence-corrected chi connectivity index (χ4v) is 5.80. The van der Waals surface area contributed by atoms with Crippen LogP contribution in [0.3, 0.4) is 0 Å². The van der Waals surface area contributed by atoms with Gasteiger partial charge in [-0.3, -0.25) is 0 Å². The third-order valence-electron chi connectivity index (χ3n) is 6.29. The van der Waals surface area contributed by atoms with E-state index in [1.54, 1.807) is 32.1 Å². The average Bonchev–Trinajstić information content (AvgIpc) is 2.62. The lowest BCUT2D eigenvalue weighted by atomic mass is 9.73. The SMILES string of the molecule is C1CC23CC1CC2C1CC2=C(CC1C3)O2. The van der Waals surface area contributed by atoms with Crippen molar-refractivity contribution in [1.82, 2.24) is 0 Å². The summed E-state index contributed by atoms with van der Waals surface area (Å²) in [6, 6.07) is 0. The second kappa shape index (κ2) is 2.14. The van der Waals surface area contributed by atoms with Crippen molar-refractivity contribution in [3.05, 3.63) is 11.5 Å². The molecule has 1 spiro atoms. The summed E-state index contributed by atoms with van der Waals surface area (Å²) >= 11 is 0. The molecule has 0 aromatic carbocycles. The highest BCUT2D eigenvalue weighted by Crippen LogP contribution is 2.71. The van der Waals surface area contributed by atoms with Crippen LogP contribution < -0.4 is 0 Å². The van der Waals surface area contributed by atoms with Gasteiger partial charge in [0.2, 0.25) is 0 Å². The molecule has 5 aliphatic rings. The Morgan fingerprint density at radius 1 is 1.13 bits per heavy atom. The Kier molecular flexibility index (Phi) is 1.11. The maximum absolute atomic E-state index is 5.57. The van der Waals surface area contributed by atoms with Crippen molar-refractivity contribution in [2.45, 2.75) is 44.9 Å². The maximum atomic E-state index is 5.57. The first kappa shape index (κ1) is 7.76. The molecule has 15 heavy (non-hydrogen) atoms. The number of ether oxygens (including phenoxy) is 1. The Labute approximate surface area is 90.9 Å². The van der Waals surface area contributed by atoms with Gasteiger partial charge in [-0.05, 0) is 61.2 Å². The smallest absolute Gasteiger partial charge is 0.142 e. The Morgan fingerprint density at radius 2 is 2.07 bits per heavy atom. The molecular formula is C14H18O. The van der Waals surface area contributed by atoms with Gasteiger partial charge in [-0.2, -0.15) is 0 Å². The molecule has 1 heteroatoms. The van der Waals surface area contributed by atoms with Gasteiger partial charge >= 0.3 is 0 Å². The van der Waals surface area contributed by atoms with Crippen molar-refractivity contribution in [1.29, 1.82) is 0 Å². The van der Waals surface area contributed by atoms with Gasteiger partial charge in [0, 0.05) is 12.8 Å². The molecule has 4 aliphatic carbocycles. The fraction of sp³-hybridized carbons (Fsp3) is 0.857. The molecular weight excluding hydrogens is 184 g/mol. The molecule has 0 amide bonds. The predicted octanol–water partition coefficient (Wildman–Crippen LogP) is 3.46. The van der Waals surface area contributed by atoms with Crippen LogP contribution >= 0.6 is 0 Å². The average molecular weight is 202 g/mol. The molecule has 0 aromatic rings. The van der Waals surface area contributed by atoms with Gasteiger partial charge < -0.3 is 4.74 Å². The standard InChI is InChI=1S/C14H18O/c1-2-14-6-8(1)3-11(14)10-5-13-12(15-13)4-9(10)7-14/h8-11H,1-7H2. The third-order valence-corrected chi connectivity index (χ3v) is 6.29. The Hall–Kier alpha value is -0.460. The fourth-order valence-electron chi connectivity index (χ4n) is 5.80. The quantitative estimate of drug-likeness (QED) is 0.586. The Morgan fingerprint density at radius 3 is 3.00 bits per heavy atom. The third kappa shape index (κ3) is 0.798. The minimum absolute atomic E-state index is 0.831. The van der Waals surface area contributed by atoms with Crippen LogP contribution in [0.1, 0.15) is 44.9 Å². The lowest BCUT2D eigenvalue weighted by Gasteiger charge is -2.31. The van der Waals surface area contributed by atoms with Gasteiger partial charge in [-0.25, -0.2) is 0 Å². The first-order valence-electron chi connectivity index (χ1n) is 6.74. The molecule has 0 saturated heterocycles. The molecule has 80 valence electrons. The van der Waals surface area contributed by atoms with Crippen molar-refractivity contribution < 1.29 is 4.74 Å².